The third-order valence-electron chi connectivity index (χ3n) is 4.28. The first-order chi connectivity index (χ1) is 8.24. The molecule has 3 nitrogen and oxygen atoms in total. The molecule has 3 unspecified atom stereocenters. The lowest BCUT2D eigenvalue weighted by molar-refractivity contribution is 0.125. The van der Waals surface area contributed by atoms with Gasteiger partial charge in [-0.05, 0) is 32.2 Å². The van der Waals surface area contributed by atoms with Crippen molar-refractivity contribution in [2.75, 3.05) is 24.6 Å². The summed E-state index contributed by atoms with van der Waals surface area (Å²) in [4.78, 5) is 2.64. The lowest BCUT2D eigenvalue weighted by atomic mass is 9.97. The molecule has 0 aromatic carbocycles. The zero-order chi connectivity index (χ0) is 12.3. The lowest BCUT2D eigenvalue weighted by Crippen LogP contribution is -2.50. The third-order valence-corrected chi connectivity index (χ3v) is 5.56. The molecule has 2 bridgehead atoms. The van der Waals surface area contributed by atoms with Gasteiger partial charge in [0.25, 0.3) is 0 Å². The molecule has 2 fully saturated rings. The predicted molar refractivity (Wildman–Crippen MR) is 73.8 cm³/mol. The van der Waals surface area contributed by atoms with Crippen molar-refractivity contribution in [3.63, 3.8) is 0 Å². The monoisotopic (exact) mass is 258 g/mol. The van der Waals surface area contributed by atoms with E-state index in [1.165, 1.54) is 25.7 Å². The summed E-state index contributed by atoms with van der Waals surface area (Å²) in [5.74, 6) is 1.68. The van der Waals surface area contributed by atoms with Crippen molar-refractivity contribution in [3.8, 4) is 0 Å². The van der Waals surface area contributed by atoms with Gasteiger partial charge in [-0.2, -0.15) is 0 Å². The fourth-order valence-electron chi connectivity index (χ4n) is 3.45. The molecular weight excluding hydrogens is 232 g/mol. The Morgan fingerprint density at radius 2 is 1.88 bits per heavy atom. The summed E-state index contributed by atoms with van der Waals surface area (Å²) in [5.41, 5.74) is 0. The predicted octanol–water partition coefficient (Wildman–Crippen LogP) is 1.36. The van der Waals surface area contributed by atoms with Crippen molar-refractivity contribution in [1.29, 1.82) is 0 Å². The van der Waals surface area contributed by atoms with Crippen LogP contribution in [0.4, 0.5) is 0 Å². The molecule has 1 N–H and O–H groups in total. The Bertz CT molecular complexity index is 258. The maximum atomic E-state index is 11.5. The molecule has 0 saturated carbocycles. The van der Waals surface area contributed by atoms with E-state index >= 15 is 0 Å². The number of rotatable bonds is 6. The molecule has 3 atom stereocenters. The molecule has 2 heterocycles. The van der Waals surface area contributed by atoms with Crippen LogP contribution in [0.5, 0.6) is 0 Å². The Morgan fingerprint density at radius 3 is 2.41 bits per heavy atom. The zero-order valence-electron chi connectivity index (χ0n) is 11.2. The van der Waals surface area contributed by atoms with Gasteiger partial charge in [-0.15, -0.1) is 0 Å². The first-order valence-electron chi connectivity index (χ1n) is 7.08. The van der Waals surface area contributed by atoms with Gasteiger partial charge < -0.3 is 5.32 Å². The molecule has 0 aromatic rings. The minimum Gasteiger partial charge on any atom is -0.314 e. The highest BCUT2D eigenvalue weighted by Gasteiger charge is 2.39. The van der Waals surface area contributed by atoms with Crippen LogP contribution < -0.4 is 5.32 Å². The van der Waals surface area contributed by atoms with E-state index in [0.717, 1.165) is 42.7 Å². The summed E-state index contributed by atoms with van der Waals surface area (Å²) in [6.07, 6.45) is 5.29. The Hall–Kier alpha value is 0.0700. The van der Waals surface area contributed by atoms with Gasteiger partial charge in [0.1, 0.15) is 0 Å². The maximum Gasteiger partial charge on any atom is 0.0362 e. The van der Waals surface area contributed by atoms with Crippen LogP contribution in [-0.4, -0.2) is 51.8 Å². The van der Waals surface area contributed by atoms with Gasteiger partial charge in [0.05, 0.1) is 0 Å². The van der Waals surface area contributed by atoms with Gasteiger partial charge in [-0.25, -0.2) is 0 Å². The van der Waals surface area contributed by atoms with E-state index < -0.39 is 10.8 Å². The van der Waals surface area contributed by atoms with Gasteiger partial charge in [0.15, 0.2) is 0 Å². The number of hydrogen-bond acceptors (Lipinski definition) is 3. The fraction of sp³-hybridized carbons (Fsp3) is 1.00. The summed E-state index contributed by atoms with van der Waals surface area (Å²) >= 11 is 0. The first kappa shape index (κ1) is 13.5. The Balaban J connectivity index is 1.83. The van der Waals surface area contributed by atoms with E-state index in [9.17, 15) is 4.21 Å². The summed E-state index contributed by atoms with van der Waals surface area (Å²) in [7, 11) is -0.600. The molecule has 0 spiro atoms. The number of nitrogens with one attached hydrogen (secondary N) is 1. The zero-order valence-corrected chi connectivity index (χ0v) is 12.0. The van der Waals surface area contributed by atoms with Crippen LogP contribution in [-0.2, 0) is 10.8 Å². The van der Waals surface area contributed by atoms with E-state index in [1.54, 1.807) is 0 Å². The summed E-state index contributed by atoms with van der Waals surface area (Å²) in [6.45, 7) is 6.35. The second-order valence-corrected chi connectivity index (χ2v) is 7.15. The molecule has 0 radical (unpaired) electrons. The van der Waals surface area contributed by atoms with Crippen LogP contribution in [0.15, 0.2) is 0 Å². The quantitative estimate of drug-likeness (QED) is 0.781. The molecule has 2 aliphatic rings. The maximum absolute atomic E-state index is 11.5. The number of hydrogen-bond donors (Lipinski definition) is 1. The molecule has 0 aliphatic carbocycles. The van der Waals surface area contributed by atoms with Gasteiger partial charge in [0, 0.05) is 47.0 Å². The average molecular weight is 258 g/mol. The fourth-order valence-corrected chi connectivity index (χ4v) is 4.15. The molecule has 4 heteroatoms. The molecule has 2 saturated heterocycles. The molecule has 2 rings (SSSR count). The van der Waals surface area contributed by atoms with Crippen LogP contribution in [0.2, 0.25) is 0 Å². The smallest absolute Gasteiger partial charge is 0.0362 e. The van der Waals surface area contributed by atoms with Crippen molar-refractivity contribution >= 4 is 10.8 Å². The van der Waals surface area contributed by atoms with Gasteiger partial charge in [0.2, 0.25) is 0 Å². The number of piperidine rings is 1. The van der Waals surface area contributed by atoms with Crippen molar-refractivity contribution < 1.29 is 4.21 Å². The van der Waals surface area contributed by atoms with Crippen LogP contribution >= 0.6 is 0 Å². The van der Waals surface area contributed by atoms with Crippen molar-refractivity contribution in [2.24, 2.45) is 0 Å². The summed E-state index contributed by atoms with van der Waals surface area (Å²) in [5, 5.41) is 3.60. The summed E-state index contributed by atoms with van der Waals surface area (Å²) in [6, 6.07) is 2.24. The Kier molecular flexibility index (Phi) is 5.00. The second kappa shape index (κ2) is 6.30. The van der Waals surface area contributed by atoms with Gasteiger partial charge >= 0.3 is 0 Å². The molecule has 0 aromatic heterocycles. The van der Waals surface area contributed by atoms with Crippen molar-refractivity contribution in [3.05, 3.63) is 0 Å². The Morgan fingerprint density at radius 1 is 1.24 bits per heavy atom. The summed E-state index contributed by atoms with van der Waals surface area (Å²) < 4.78 is 11.5. The van der Waals surface area contributed by atoms with Crippen LogP contribution in [0.25, 0.3) is 0 Å². The van der Waals surface area contributed by atoms with Crippen molar-refractivity contribution in [2.45, 2.75) is 57.7 Å². The third kappa shape index (κ3) is 3.30. The molecule has 17 heavy (non-hydrogen) atoms. The highest BCUT2D eigenvalue weighted by molar-refractivity contribution is 7.84. The van der Waals surface area contributed by atoms with E-state index in [1.807, 2.05) is 6.92 Å². The number of fused-ring (bicyclic) bond motifs is 2. The minimum absolute atomic E-state index is 0.600. The largest absolute Gasteiger partial charge is 0.314 e. The van der Waals surface area contributed by atoms with Crippen LogP contribution in [0, 0.1) is 0 Å². The SMILES string of the molecule is CCNC1CC2CCC(C1)N2CCS(=O)CC. The second-order valence-electron chi connectivity index (χ2n) is 5.28. The normalized spacial score (nSPS) is 35.1. The van der Waals surface area contributed by atoms with E-state index in [0.29, 0.717) is 0 Å². The first-order valence-corrected chi connectivity index (χ1v) is 8.57. The highest BCUT2D eigenvalue weighted by Crippen LogP contribution is 2.35. The Labute approximate surface area is 108 Å². The molecule has 2 aliphatic heterocycles. The van der Waals surface area contributed by atoms with Gasteiger partial charge in [-0.1, -0.05) is 13.8 Å². The van der Waals surface area contributed by atoms with Crippen LogP contribution in [0.3, 0.4) is 0 Å². The van der Waals surface area contributed by atoms with Crippen molar-refractivity contribution in [1.82, 2.24) is 10.2 Å². The number of nitrogens with zero attached hydrogens (tertiary/aromatic N) is 1. The van der Waals surface area contributed by atoms with E-state index in [-0.39, 0.29) is 0 Å². The average Bonchev–Trinajstić information content (AvgIpc) is 2.57. The standard InChI is InChI=1S/C13H26N2OS/c1-3-14-11-9-12-5-6-13(10-11)15(12)7-8-17(16)4-2/h11-14H,3-10H2,1-2H3. The molecular formula is C13H26N2OS. The molecule has 0 amide bonds. The van der Waals surface area contributed by atoms with E-state index in [4.69, 9.17) is 0 Å². The lowest BCUT2D eigenvalue weighted by Gasteiger charge is -2.39. The van der Waals surface area contributed by atoms with Crippen LogP contribution in [0.1, 0.15) is 39.5 Å². The topological polar surface area (TPSA) is 32.3 Å². The highest BCUT2D eigenvalue weighted by atomic mass is 32.2. The van der Waals surface area contributed by atoms with E-state index in [2.05, 4.69) is 17.1 Å². The minimum atomic E-state index is -0.600. The molecule has 100 valence electrons. The van der Waals surface area contributed by atoms with Gasteiger partial charge in [-0.3, -0.25) is 9.11 Å².